The van der Waals surface area contributed by atoms with Crippen molar-refractivity contribution in [2.45, 2.75) is 84.5 Å². The Kier molecular flexibility index (Phi) is 5.70. The van der Waals surface area contributed by atoms with Gasteiger partial charge < -0.3 is 10.1 Å². The maximum Gasteiger partial charge on any atom is 0.0583 e. The van der Waals surface area contributed by atoms with Gasteiger partial charge in [0.1, 0.15) is 0 Å². The van der Waals surface area contributed by atoms with E-state index in [1.165, 1.54) is 38.5 Å². The molecule has 0 bridgehead atoms. The van der Waals surface area contributed by atoms with Crippen molar-refractivity contribution < 1.29 is 4.74 Å². The molecule has 2 aliphatic rings. The first-order valence-electron chi connectivity index (χ1n) is 8.49. The van der Waals surface area contributed by atoms with Gasteiger partial charge in [-0.15, -0.1) is 0 Å². The second-order valence-corrected chi connectivity index (χ2v) is 7.12. The van der Waals surface area contributed by atoms with Crippen LogP contribution in [0.4, 0.5) is 0 Å². The van der Waals surface area contributed by atoms with Gasteiger partial charge in [0.25, 0.3) is 0 Å². The molecule has 2 fully saturated rings. The molecule has 1 aliphatic carbocycles. The number of hydrogen-bond acceptors (Lipinski definition) is 2. The molecule has 1 aliphatic heterocycles. The van der Waals surface area contributed by atoms with Crippen molar-refractivity contribution in [1.82, 2.24) is 5.32 Å². The first-order valence-corrected chi connectivity index (χ1v) is 8.49. The molecule has 5 atom stereocenters. The number of hydrogen-bond donors (Lipinski definition) is 1. The molecule has 0 aromatic carbocycles. The predicted molar refractivity (Wildman–Crippen MR) is 81.3 cm³/mol. The van der Waals surface area contributed by atoms with E-state index in [-0.39, 0.29) is 0 Å². The fraction of sp³-hybridized carbons (Fsp3) is 1.00. The Morgan fingerprint density at radius 2 is 1.95 bits per heavy atom. The first kappa shape index (κ1) is 15.3. The van der Waals surface area contributed by atoms with Gasteiger partial charge in [-0.3, -0.25) is 0 Å². The maximum atomic E-state index is 6.06. The summed E-state index contributed by atoms with van der Waals surface area (Å²) in [5.41, 5.74) is 0. The number of nitrogens with one attached hydrogen (secondary N) is 1. The van der Waals surface area contributed by atoms with Crippen LogP contribution in [0, 0.1) is 17.8 Å². The molecule has 2 heteroatoms. The summed E-state index contributed by atoms with van der Waals surface area (Å²) < 4.78 is 6.06. The summed E-state index contributed by atoms with van der Waals surface area (Å²) in [4.78, 5) is 0. The predicted octanol–water partition coefficient (Wildman–Crippen LogP) is 3.99. The van der Waals surface area contributed by atoms with Gasteiger partial charge in [-0.2, -0.15) is 0 Å². The molecule has 1 heterocycles. The topological polar surface area (TPSA) is 21.3 Å². The lowest BCUT2D eigenvalue weighted by atomic mass is 9.71. The number of ether oxygens (including phenoxy) is 1. The van der Waals surface area contributed by atoms with Gasteiger partial charge in [0.05, 0.1) is 12.2 Å². The molecule has 2 nitrogen and oxygen atoms in total. The van der Waals surface area contributed by atoms with E-state index in [2.05, 4.69) is 33.0 Å². The summed E-state index contributed by atoms with van der Waals surface area (Å²) in [7, 11) is 0. The highest BCUT2D eigenvalue weighted by molar-refractivity contribution is 4.88. The Hall–Kier alpha value is -0.0800. The molecule has 0 radical (unpaired) electrons. The third-order valence-corrected chi connectivity index (χ3v) is 5.32. The van der Waals surface area contributed by atoms with Crippen molar-refractivity contribution in [2.75, 3.05) is 6.54 Å². The van der Waals surface area contributed by atoms with E-state index in [4.69, 9.17) is 4.74 Å². The molecule has 5 unspecified atom stereocenters. The molecule has 2 rings (SSSR count). The van der Waals surface area contributed by atoms with Crippen molar-refractivity contribution in [3.05, 3.63) is 0 Å². The summed E-state index contributed by atoms with van der Waals surface area (Å²) in [6, 6.07) is 0.736. The molecule has 1 N–H and O–H groups in total. The van der Waals surface area contributed by atoms with Crippen molar-refractivity contribution in [1.29, 1.82) is 0 Å². The van der Waals surface area contributed by atoms with Crippen LogP contribution in [0.2, 0.25) is 0 Å². The third-order valence-electron chi connectivity index (χ3n) is 5.32. The van der Waals surface area contributed by atoms with E-state index in [9.17, 15) is 0 Å². The summed E-state index contributed by atoms with van der Waals surface area (Å²) >= 11 is 0. The van der Waals surface area contributed by atoms with Crippen LogP contribution in [0.3, 0.4) is 0 Å². The SMILES string of the molecule is CCNC1CCC(C(C)C)CC1CC1CCC(C)O1. The van der Waals surface area contributed by atoms with Crippen molar-refractivity contribution in [3.8, 4) is 0 Å². The molecular formula is C17H33NO. The van der Waals surface area contributed by atoms with Crippen LogP contribution in [0.1, 0.15) is 66.2 Å². The second kappa shape index (κ2) is 7.08. The Labute approximate surface area is 119 Å². The standard InChI is InChI=1S/C17H33NO/c1-5-18-17-9-7-14(12(2)3)10-15(17)11-16-8-6-13(4)19-16/h12-18H,5-11H2,1-4H3. The lowest BCUT2D eigenvalue weighted by molar-refractivity contribution is 0.0258. The van der Waals surface area contributed by atoms with Crippen molar-refractivity contribution in [3.63, 3.8) is 0 Å². The van der Waals surface area contributed by atoms with E-state index < -0.39 is 0 Å². The van der Waals surface area contributed by atoms with E-state index in [1.807, 2.05) is 0 Å². The van der Waals surface area contributed by atoms with Gasteiger partial charge in [-0.25, -0.2) is 0 Å². The fourth-order valence-electron chi connectivity index (χ4n) is 4.09. The minimum atomic E-state index is 0.493. The second-order valence-electron chi connectivity index (χ2n) is 7.12. The van der Waals surface area contributed by atoms with Crippen molar-refractivity contribution >= 4 is 0 Å². The summed E-state index contributed by atoms with van der Waals surface area (Å²) in [6.07, 6.45) is 9.03. The van der Waals surface area contributed by atoms with E-state index in [0.717, 1.165) is 30.3 Å². The lowest BCUT2D eigenvalue weighted by Crippen LogP contribution is -2.42. The van der Waals surface area contributed by atoms with Crippen LogP contribution in [-0.4, -0.2) is 24.8 Å². The third kappa shape index (κ3) is 4.19. The summed E-state index contributed by atoms with van der Waals surface area (Å²) in [5.74, 6) is 2.60. The molecule has 0 aromatic heterocycles. The molecule has 0 aromatic rings. The lowest BCUT2D eigenvalue weighted by Gasteiger charge is -2.39. The highest BCUT2D eigenvalue weighted by Gasteiger charge is 2.34. The summed E-state index contributed by atoms with van der Waals surface area (Å²) in [5, 5.41) is 3.72. The van der Waals surface area contributed by atoms with Gasteiger partial charge in [-0.05, 0) is 69.7 Å². The van der Waals surface area contributed by atoms with Crippen LogP contribution in [0.15, 0.2) is 0 Å². The van der Waals surface area contributed by atoms with Gasteiger partial charge >= 0.3 is 0 Å². The van der Waals surface area contributed by atoms with Crippen LogP contribution in [-0.2, 0) is 4.74 Å². The molecule has 0 spiro atoms. The largest absolute Gasteiger partial charge is 0.375 e. The van der Waals surface area contributed by atoms with Crippen LogP contribution in [0.5, 0.6) is 0 Å². The fourth-order valence-corrected chi connectivity index (χ4v) is 4.09. The first-order chi connectivity index (χ1) is 9.10. The van der Waals surface area contributed by atoms with Crippen LogP contribution >= 0.6 is 0 Å². The zero-order valence-electron chi connectivity index (χ0n) is 13.3. The zero-order chi connectivity index (χ0) is 13.8. The van der Waals surface area contributed by atoms with E-state index in [1.54, 1.807) is 0 Å². The van der Waals surface area contributed by atoms with Crippen molar-refractivity contribution in [2.24, 2.45) is 17.8 Å². The molecule has 1 saturated carbocycles. The molecule has 1 saturated heterocycles. The Balaban J connectivity index is 1.91. The zero-order valence-corrected chi connectivity index (χ0v) is 13.3. The molecule has 112 valence electrons. The quantitative estimate of drug-likeness (QED) is 0.813. The number of rotatable bonds is 5. The monoisotopic (exact) mass is 267 g/mol. The van der Waals surface area contributed by atoms with E-state index >= 15 is 0 Å². The Morgan fingerprint density at radius 3 is 2.53 bits per heavy atom. The highest BCUT2D eigenvalue weighted by Crippen LogP contribution is 2.38. The maximum absolute atomic E-state index is 6.06. The molecular weight excluding hydrogens is 234 g/mol. The molecule has 19 heavy (non-hydrogen) atoms. The minimum Gasteiger partial charge on any atom is -0.375 e. The van der Waals surface area contributed by atoms with Crippen LogP contribution in [0.25, 0.3) is 0 Å². The van der Waals surface area contributed by atoms with Gasteiger partial charge in [-0.1, -0.05) is 20.8 Å². The van der Waals surface area contributed by atoms with Gasteiger partial charge in [0.15, 0.2) is 0 Å². The Bertz CT molecular complexity index is 266. The van der Waals surface area contributed by atoms with Gasteiger partial charge in [0, 0.05) is 6.04 Å². The average molecular weight is 267 g/mol. The average Bonchev–Trinajstić information content (AvgIpc) is 2.77. The van der Waals surface area contributed by atoms with Gasteiger partial charge in [0.2, 0.25) is 0 Å². The Morgan fingerprint density at radius 1 is 1.16 bits per heavy atom. The highest BCUT2D eigenvalue weighted by atomic mass is 16.5. The smallest absolute Gasteiger partial charge is 0.0583 e. The van der Waals surface area contributed by atoms with Crippen LogP contribution < -0.4 is 5.32 Å². The minimum absolute atomic E-state index is 0.493. The molecule has 0 amide bonds. The normalized spacial score (nSPS) is 39.9. The summed E-state index contributed by atoms with van der Waals surface area (Å²) in [6.45, 7) is 10.3. The van der Waals surface area contributed by atoms with E-state index in [0.29, 0.717) is 12.2 Å².